The summed E-state index contributed by atoms with van der Waals surface area (Å²) in [5.74, 6) is -4.20. The van der Waals surface area contributed by atoms with Crippen LogP contribution in [0.5, 0.6) is 0 Å². The number of aliphatic carboxylic acids is 1. The van der Waals surface area contributed by atoms with E-state index in [1.807, 2.05) is 30.3 Å². The number of para-hydroxylation sites is 1. The summed E-state index contributed by atoms with van der Waals surface area (Å²) in [7, 11) is 0. The van der Waals surface area contributed by atoms with E-state index in [-0.39, 0.29) is 25.0 Å². The number of nitrogens with one attached hydrogen (secondary N) is 5. The second kappa shape index (κ2) is 18.8. The summed E-state index contributed by atoms with van der Waals surface area (Å²) in [4.78, 5) is 68.7. The van der Waals surface area contributed by atoms with E-state index in [9.17, 15) is 34.2 Å². The Morgan fingerprint density at radius 3 is 2.02 bits per heavy atom. The van der Waals surface area contributed by atoms with E-state index >= 15 is 0 Å². The van der Waals surface area contributed by atoms with E-state index in [1.54, 1.807) is 30.5 Å². The molecule has 0 spiro atoms. The minimum Gasteiger partial charge on any atom is -0.480 e. The van der Waals surface area contributed by atoms with E-state index < -0.39 is 65.9 Å². The summed E-state index contributed by atoms with van der Waals surface area (Å²) in [5, 5.41) is 30.6. The molecule has 3 aromatic rings. The molecule has 6 atom stereocenters. The van der Waals surface area contributed by atoms with Gasteiger partial charge in [-0.15, -0.1) is 0 Å². The van der Waals surface area contributed by atoms with Crippen LogP contribution in [0.2, 0.25) is 0 Å². The molecule has 1 heterocycles. The van der Waals surface area contributed by atoms with Gasteiger partial charge in [0.1, 0.15) is 18.1 Å². The van der Waals surface area contributed by atoms with Gasteiger partial charge in [0.2, 0.25) is 23.6 Å². The van der Waals surface area contributed by atoms with Crippen LogP contribution >= 0.6 is 12.6 Å². The highest BCUT2D eigenvalue weighted by atomic mass is 32.1. The zero-order valence-corrected chi connectivity index (χ0v) is 27.6. The second-order valence-electron chi connectivity index (χ2n) is 11.6. The van der Waals surface area contributed by atoms with Gasteiger partial charge >= 0.3 is 5.97 Å². The molecule has 0 saturated heterocycles. The van der Waals surface area contributed by atoms with Crippen LogP contribution in [0.3, 0.4) is 0 Å². The van der Waals surface area contributed by atoms with Gasteiger partial charge in [-0.05, 0) is 49.9 Å². The molecule has 2 aromatic carbocycles. The average Bonchev–Trinajstić information content (AvgIpc) is 3.48. The highest BCUT2D eigenvalue weighted by molar-refractivity contribution is 7.80. The summed E-state index contributed by atoms with van der Waals surface area (Å²) >= 11 is 4.08. The van der Waals surface area contributed by atoms with Crippen molar-refractivity contribution in [3.8, 4) is 0 Å². The van der Waals surface area contributed by atoms with Gasteiger partial charge in [0.25, 0.3) is 0 Å². The third kappa shape index (κ3) is 11.1. The third-order valence-corrected chi connectivity index (χ3v) is 8.20. The highest BCUT2D eigenvalue weighted by Gasteiger charge is 2.33. The van der Waals surface area contributed by atoms with Crippen LogP contribution in [0.15, 0.2) is 60.8 Å². The van der Waals surface area contributed by atoms with Gasteiger partial charge in [0.05, 0.1) is 12.1 Å². The largest absolute Gasteiger partial charge is 0.480 e. The standard InChI is InChI=1S/C33H45N7O7S/c1-19(41)28(33(46)47)40-30(43)25(13-7-8-14-34)37-32(45)27(16-21-17-36-24-12-6-5-11-22(21)24)39-31(44)26(38-29(42)23(35)18-48)15-20-9-3-2-4-10-20/h2-6,9-12,17,19,23,25-28,36,41,48H,7-8,13-16,18,34-35H2,1H3,(H,37,45)(H,38,42)(H,39,44)(H,40,43)(H,46,47)/t19-,23+,25+,26+,27-,28+/m1/s1. The zero-order chi connectivity index (χ0) is 35.2. The lowest BCUT2D eigenvalue weighted by Crippen LogP contribution is -2.60. The molecule has 4 amide bonds. The van der Waals surface area contributed by atoms with Crippen LogP contribution < -0.4 is 32.7 Å². The summed E-state index contributed by atoms with van der Waals surface area (Å²) in [5.41, 5.74) is 13.8. The zero-order valence-electron chi connectivity index (χ0n) is 26.7. The van der Waals surface area contributed by atoms with E-state index in [0.717, 1.165) is 16.5 Å². The molecule has 260 valence electrons. The molecule has 0 saturated carbocycles. The number of benzene rings is 2. The lowest BCUT2D eigenvalue weighted by Gasteiger charge is -2.27. The van der Waals surface area contributed by atoms with Gasteiger partial charge in [-0.1, -0.05) is 48.5 Å². The Morgan fingerprint density at radius 1 is 0.812 bits per heavy atom. The number of hydrogen-bond donors (Lipinski definition) is 10. The number of fused-ring (bicyclic) bond motifs is 1. The topological polar surface area (TPSA) is 242 Å². The lowest BCUT2D eigenvalue weighted by atomic mass is 10.0. The molecular formula is C33H45N7O7S. The molecule has 0 bridgehead atoms. The van der Waals surface area contributed by atoms with Gasteiger partial charge in [0.15, 0.2) is 6.04 Å². The molecule has 0 aliphatic heterocycles. The molecule has 48 heavy (non-hydrogen) atoms. The van der Waals surface area contributed by atoms with E-state index in [4.69, 9.17) is 11.5 Å². The van der Waals surface area contributed by atoms with Crippen molar-refractivity contribution in [3.05, 3.63) is 71.9 Å². The molecule has 0 fully saturated rings. The summed E-state index contributed by atoms with van der Waals surface area (Å²) in [6.07, 6.45) is 1.49. The van der Waals surface area contributed by atoms with Crippen molar-refractivity contribution in [3.63, 3.8) is 0 Å². The molecule has 11 N–H and O–H groups in total. The third-order valence-electron chi connectivity index (χ3n) is 7.81. The van der Waals surface area contributed by atoms with E-state index in [0.29, 0.717) is 24.9 Å². The number of aromatic amines is 1. The summed E-state index contributed by atoms with van der Waals surface area (Å²) < 4.78 is 0. The Labute approximate surface area is 284 Å². The van der Waals surface area contributed by atoms with E-state index in [2.05, 4.69) is 38.9 Å². The first-order valence-corrected chi connectivity index (χ1v) is 16.4. The molecule has 14 nitrogen and oxygen atoms in total. The molecule has 0 aliphatic carbocycles. The van der Waals surface area contributed by atoms with Crippen molar-refractivity contribution in [1.29, 1.82) is 0 Å². The SMILES string of the molecule is C[C@@H](O)[C@H](NC(=O)[C@H](CCCCN)NC(=O)[C@@H](Cc1c[nH]c2ccccc12)NC(=O)[C@H](Cc1ccccc1)NC(=O)[C@@H](N)CS)C(=O)O. The number of rotatable bonds is 19. The molecule has 0 unspecified atom stereocenters. The summed E-state index contributed by atoms with van der Waals surface area (Å²) in [6.45, 7) is 1.56. The molecule has 0 aliphatic rings. The average molecular weight is 684 g/mol. The number of thiol groups is 1. The number of carbonyl (C=O) groups is 5. The number of carbonyl (C=O) groups excluding carboxylic acids is 4. The van der Waals surface area contributed by atoms with Gasteiger partial charge < -0.3 is 47.9 Å². The van der Waals surface area contributed by atoms with Crippen molar-refractivity contribution >= 4 is 53.1 Å². The Morgan fingerprint density at radius 2 is 1.40 bits per heavy atom. The number of unbranched alkanes of at least 4 members (excludes halogenated alkanes) is 1. The van der Waals surface area contributed by atoms with Crippen molar-refractivity contribution < 1.29 is 34.2 Å². The van der Waals surface area contributed by atoms with Crippen molar-refractivity contribution in [2.45, 2.75) is 75.3 Å². The Balaban J connectivity index is 1.93. The first-order valence-electron chi connectivity index (χ1n) is 15.7. The number of aromatic nitrogens is 1. The number of H-pyrrole nitrogens is 1. The Kier molecular flexibility index (Phi) is 14.9. The monoisotopic (exact) mass is 683 g/mol. The van der Waals surface area contributed by atoms with Crippen LogP contribution in [-0.4, -0.2) is 93.4 Å². The van der Waals surface area contributed by atoms with Gasteiger partial charge in [-0.3, -0.25) is 19.2 Å². The minimum absolute atomic E-state index is 0.00626. The van der Waals surface area contributed by atoms with Crippen LogP contribution in [0, 0.1) is 0 Å². The fourth-order valence-corrected chi connectivity index (χ4v) is 5.27. The van der Waals surface area contributed by atoms with E-state index in [1.165, 1.54) is 6.92 Å². The van der Waals surface area contributed by atoms with Crippen LogP contribution in [-0.2, 0) is 36.8 Å². The quantitative estimate of drug-likeness (QED) is 0.0591. The van der Waals surface area contributed by atoms with Gasteiger partial charge in [-0.25, -0.2) is 4.79 Å². The Bertz CT molecular complexity index is 1530. The Hall–Kier alpha value is -4.44. The number of hydrogen-bond acceptors (Lipinski definition) is 9. The predicted octanol–water partition coefficient (Wildman–Crippen LogP) is -0.256. The number of aliphatic hydroxyl groups excluding tert-OH is 1. The molecule has 3 rings (SSSR count). The first-order chi connectivity index (χ1) is 22.9. The lowest BCUT2D eigenvalue weighted by molar-refractivity contribution is -0.145. The maximum absolute atomic E-state index is 14.0. The number of carboxylic acids is 1. The van der Waals surface area contributed by atoms with Gasteiger partial charge in [0, 0.05) is 35.7 Å². The van der Waals surface area contributed by atoms with Crippen molar-refractivity contribution in [2.24, 2.45) is 11.5 Å². The molecule has 0 radical (unpaired) electrons. The smallest absolute Gasteiger partial charge is 0.328 e. The first kappa shape index (κ1) is 38.0. The number of nitrogens with two attached hydrogens (primary N) is 2. The minimum atomic E-state index is -1.61. The van der Waals surface area contributed by atoms with Gasteiger partial charge in [-0.2, -0.15) is 12.6 Å². The molecular weight excluding hydrogens is 638 g/mol. The van der Waals surface area contributed by atoms with Crippen LogP contribution in [0.1, 0.15) is 37.3 Å². The normalized spacial score (nSPS) is 14.9. The molecule has 15 heteroatoms. The predicted molar refractivity (Wildman–Crippen MR) is 184 cm³/mol. The van der Waals surface area contributed by atoms with Crippen molar-refractivity contribution in [1.82, 2.24) is 26.3 Å². The van der Waals surface area contributed by atoms with Crippen LogP contribution in [0.4, 0.5) is 0 Å². The molecule has 1 aromatic heterocycles. The van der Waals surface area contributed by atoms with Crippen molar-refractivity contribution in [2.75, 3.05) is 12.3 Å². The maximum Gasteiger partial charge on any atom is 0.328 e. The number of aliphatic hydroxyl groups is 1. The van der Waals surface area contributed by atoms with Crippen LogP contribution in [0.25, 0.3) is 10.9 Å². The highest BCUT2D eigenvalue weighted by Crippen LogP contribution is 2.20. The second-order valence-corrected chi connectivity index (χ2v) is 11.9. The fraction of sp³-hybridized carbons (Fsp3) is 0.424. The number of carboxylic acid groups (broad SMARTS) is 1. The maximum atomic E-state index is 14.0. The summed E-state index contributed by atoms with van der Waals surface area (Å²) in [6, 6.07) is 10.3. The fourth-order valence-electron chi connectivity index (χ4n) is 5.10. The number of amides is 4.